The summed E-state index contributed by atoms with van der Waals surface area (Å²) >= 11 is 0. The van der Waals surface area contributed by atoms with Crippen LogP contribution in [0.2, 0.25) is 0 Å². The Balaban J connectivity index is 0.000000509. The molecular weight excluding hydrogens is 454 g/mol. The molecule has 1 saturated heterocycles. The summed E-state index contributed by atoms with van der Waals surface area (Å²) in [4.78, 5) is 18.2. The van der Waals surface area contributed by atoms with E-state index in [1.807, 2.05) is 12.1 Å². The van der Waals surface area contributed by atoms with Crippen LogP contribution in [0.5, 0.6) is 17.2 Å². The van der Waals surface area contributed by atoms with Crippen LogP contribution in [0.25, 0.3) is 0 Å². The Bertz CT molecular complexity index is 1030. The molecule has 3 N–H and O–H groups in total. The number of fused-ring (bicyclic) bond motifs is 1. The first-order valence-corrected chi connectivity index (χ1v) is 11.5. The van der Waals surface area contributed by atoms with Crippen LogP contribution in [0.1, 0.15) is 44.2 Å². The molecule has 0 saturated carbocycles. The number of carboxylic acids is 2. The summed E-state index contributed by atoms with van der Waals surface area (Å²) in [6.45, 7) is 7.19. The zero-order valence-electron chi connectivity index (χ0n) is 20.3. The van der Waals surface area contributed by atoms with Crippen molar-refractivity contribution in [3.8, 4) is 17.2 Å². The van der Waals surface area contributed by atoms with Gasteiger partial charge < -0.3 is 34.5 Å². The van der Waals surface area contributed by atoms with Crippen molar-refractivity contribution >= 4 is 11.9 Å². The molecule has 2 aromatic carbocycles. The fourth-order valence-corrected chi connectivity index (χ4v) is 4.75. The number of hydrogen-bond acceptors (Lipinski definition) is 7. The second kappa shape index (κ2) is 11.4. The van der Waals surface area contributed by atoms with E-state index in [0.717, 1.165) is 56.2 Å². The maximum Gasteiger partial charge on any atom is 0.414 e. The monoisotopic (exact) mass is 487 g/mol. The summed E-state index contributed by atoms with van der Waals surface area (Å²) in [6.07, 6.45) is 3.01. The van der Waals surface area contributed by atoms with Gasteiger partial charge in [-0.15, -0.1) is 0 Å². The molecule has 35 heavy (non-hydrogen) atoms. The quantitative estimate of drug-likeness (QED) is 0.397. The number of carbonyl (C=O) groups is 2. The largest absolute Gasteiger partial charge is 0.496 e. The highest BCUT2D eigenvalue weighted by atomic mass is 16.7. The topological polar surface area (TPSA) is 124 Å². The molecule has 0 amide bonds. The van der Waals surface area contributed by atoms with Crippen molar-refractivity contribution in [3.05, 3.63) is 53.6 Å². The molecule has 0 spiro atoms. The number of benzene rings is 2. The highest BCUT2D eigenvalue weighted by Crippen LogP contribution is 2.46. The van der Waals surface area contributed by atoms with Crippen molar-refractivity contribution in [2.45, 2.75) is 50.7 Å². The number of ether oxygens (including phenoxy) is 4. The van der Waals surface area contributed by atoms with E-state index >= 15 is 0 Å². The first-order chi connectivity index (χ1) is 16.7. The molecule has 1 fully saturated rings. The van der Waals surface area contributed by atoms with Crippen molar-refractivity contribution in [1.29, 1.82) is 0 Å². The highest BCUT2D eigenvalue weighted by Gasteiger charge is 2.43. The standard InChI is InChI=1S/C24H31NO4.C2H2O4/c1-23(2)16-24(11-13-29-23,19-6-4-5-7-20(19)26-3)10-12-25-15-18-8-9-21-22(14-18)28-17-27-21;3-1(4)2(5)6/h4-9,14,25H,10-13,15-17H2,1-3H3;(H,3,4)(H,5,6). The molecule has 0 aromatic heterocycles. The minimum atomic E-state index is -1.82. The average molecular weight is 488 g/mol. The van der Waals surface area contributed by atoms with Crippen molar-refractivity contribution in [2.24, 2.45) is 0 Å². The fraction of sp³-hybridized carbons (Fsp3) is 0.462. The van der Waals surface area contributed by atoms with Crippen LogP contribution in [0.3, 0.4) is 0 Å². The molecule has 0 bridgehead atoms. The van der Waals surface area contributed by atoms with Gasteiger partial charge in [0.25, 0.3) is 0 Å². The lowest BCUT2D eigenvalue weighted by Gasteiger charge is -2.46. The number of hydrogen-bond donors (Lipinski definition) is 3. The molecule has 4 rings (SSSR count). The van der Waals surface area contributed by atoms with Crippen molar-refractivity contribution in [1.82, 2.24) is 5.32 Å². The summed E-state index contributed by atoms with van der Waals surface area (Å²) in [5, 5.41) is 18.4. The zero-order chi connectivity index (χ0) is 25.5. The van der Waals surface area contributed by atoms with E-state index in [1.54, 1.807) is 7.11 Å². The highest BCUT2D eigenvalue weighted by molar-refractivity contribution is 6.27. The Labute approximate surface area is 205 Å². The molecule has 1 unspecified atom stereocenters. The number of rotatable bonds is 7. The van der Waals surface area contributed by atoms with E-state index < -0.39 is 11.9 Å². The van der Waals surface area contributed by atoms with Crippen LogP contribution in [0.15, 0.2) is 42.5 Å². The molecule has 2 aliphatic heterocycles. The van der Waals surface area contributed by atoms with Crippen molar-refractivity contribution < 1.29 is 38.7 Å². The van der Waals surface area contributed by atoms with Gasteiger partial charge >= 0.3 is 11.9 Å². The second-order valence-corrected chi connectivity index (χ2v) is 9.24. The third kappa shape index (κ3) is 6.86. The van der Waals surface area contributed by atoms with Gasteiger partial charge in [0.15, 0.2) is 11.5 Å². The summed E-state index contributed by atoms with van der Waals surface area (Å²) < 4.78 is 22.7. The molecule has 190 valence electrons. The third-order valence-electron chi connectivity index (χ3n) is 6.25. The minimum absolute atomic E-state index is 0.0379. The van der Waals surface area contributed by atoms with Gasteiger partial charge in [0.2, 0.25) is 6.79 Å². The maximum atomic E-state index is 9.10. The number of methoxy groups -OCH3 is 1. The Morgan fingerprint density at radius 1 is 1.06 bits per heavy atom. The van der Waals surface area contributed by atoms with Gasteiger partial charge in [0.1, 0.15) is 5.75 Å². The molecule has 1 atom stereocenters. The van der Waals surface area contributed by atoms with Crippen LogP contribution >= 0.6 is 0 Å². The van der Waals surface area contributed by atoms with Gasteiger partial charge in [-0.1, -0.05) is 24.3 Å². The van der Waals surface area contributed by atoms with Gasteiger partial charge in [-0.3, -0.25) is 0 Å². The lowest BCUT2D eigenvalue weighted by atomic mass is 9.67. The molecule has 2 aliphatic rings. The molecule has 2 heterocycles. The molecule has 2 aromatic rings. The van der Waals surface area contributed by atoms with Crippen molar-refractivity contribution in [3.63, 3.8) is 0 Å². The van der Waals surface area contributed by atoms with Crippen LogP contribution in [-0.4, -0.2) is 54.8 Å². The summed E-state index contributed by atoms with van der Waals surface area (Å²) in [5.74, 6) is -1.01. The Kier molecular flexibility index (Phi) is 8.58. The summed E-state index contributed by atoms with van der Waals surface area (Å²) in [7, 11) is 1.76. The first kappa shape index (κ1) is 26.3. The number of nitrogens with one attached hydrogen (secondary N) is 1. The third-order valence-corrected chi connectivity index (χ3v) is 6.25. The molecular formula is C26H33NO8. The summed E-state index contributed by atoms with van der Waals surface area (Å²) in [6, 6.07) is 14.6. The van der Waals surface area contributed by atoms with E-state index in [1.165, 1.54) is 11.1 Å². The zero-order valence-corrected chi connectivity index (χ0v) is 20.3. The van der Waals surface area contributed by atoms with E-state index in [2.05, 4.69) is 49.5 Å². The Morgan fingerprint density at radius 2 is 1.77 bits per heavy atom. The van der Waals surface area contributed by atoms with Crippen LogP contribution in [0.4, 0.5) is 0 Å². The average Bonchev–Trinajstić information content (AvgIpc) is 3.29. The smallest absolute Gasteiger partial charge is 0.414 e. The predicted molar refractivity (Wildman–Crippen MR) is 128 cm³/mol. The molecule has 9 heteroatoms. The van der Waals surface area contributed by atoms with Crippen LogP contribution in [0, 0.1) is 0 Å². The normalized spacial score (nSPS) is 19.9. The van der Waals surface area contributed by atoms with Gasteiger partial charge in [0.05, 0.1) is 12.7 Å². The molecule has 0 radical (unpaired) electrons. The lowest BCUT2D eigenvalue weighted by molar-refractivity contribution is -0.159. The Hall–Kier alpha value is -3.30. The predicted octanol–water partition coefficient (Wildman–Crippen LogP) is 3.59. The van der Waals surface area contributed by atoms with Gasteiger partial charge in [0, 0.05) is 24.1 Å². The Morgan fingerprint density at radius 3 is 2.46 bits per heavy atom. The van der Waals surface area contributed by atoms with E-state index in [4.69, 9.17) is 38.7 Å². The van der Waals surface area contributed by atoms with Gasteiger partial charge in [-0.05, 0) is 63.4 Å². The van der Waals surface area contributed by atoms with Crippen LogP contribution < -0.4 is 19.5 Å². The van der Waals surface area contributed by atoms with Crippen molar-refractivity contribution in [2.75, 3.05) is 27.1 Å². The lowest BCUT2D eigenvalue weighted by Crippen LogP contribution is -2.45. The number of para-hydroxylation sites is 1. The van der Waals surface area contributed by atoms with Gasteiger partial charge in [-0.25, -0.2) is 9.59 Å². The van der Waals surface area contributed by atoms with Gasteiger partial charge in [-0.2, -0.15) is 0 Å². The van der Waals surface area contributed by atoms with E-state index in [9.17, 15) is 0 Å². The minimum Gasteiger partial charge on any atom is -0.496 e. The fourth-order valence-electron chi connectivity index (χ4n) is 4.75. The molecule has 0 aliphatic carbocycles. The first-order valence-electron chi connectivity index (χ1n) is 11.5. The molecule has 9 nitrogen and oxygen atoms in total. The maximum absolute atomic E-state index is 9.10. The SMILES string of the molecule is COc1ccccc1C1(CCNCc2ccc3c(c2)OCO3)CCOC(C)(C)C1.O=C(O)C(=O)O. The van der Waals surface area contributed by atoms with E-state index in [-0.39, 0.29) is 11.0 Å². The number of aliphatic carboxylic acids is 2. The second-order valence-electron chi connectivity index (χ2n) is 9.24. The van der Waals surface area contributed by atoms with E-state index in [0.29, 0.717) is 6.79 Å². The van der Waals surface area contributed by atoms with Crippen LogP contribution in [-0.2, 0) is 26.3 Å². The summed E-state index contributed by atoms with van der Waals surface area (Å²) in [5.41, 5.74) is 2.39. The number of carboxylic acid groups (broad SMARTS) is 2.